The molecule has 14 heavy (non-hydrogen) atoms. The number of alkyl halides is 3. The Morgan fingerprint density at radius 2 is 2.00 bits per heavy atom. The van der Waals surface area contributed by atoms with Gasteiger partial charge in [-0.2, -0.15) is 13.2 Å². The van der Waals surface area contributed by atoms with Crippen LogP contribution in [0.15, 0.2) is 0 Å². The third-order valence-electron chi connectivity index (χ3n) is 2.38. The Hall–Kier alpha value is -0.290. The summed E-state index contributed by atoms with van der Waals surface area (Å²) in [6, 6.07) is 0. The zero-order chi connectivity index (χ0) is 10.7. The number of nitrogens with one attached hydrogen (secondary N) is 1. The van der Waals surface area contributed by atoms with Gasteiger partial charge in [-0.05, 0) is 19.4 Å². The molecule has 1 aliphatic carbocycles. The zero-order valence-electron chi connectivity index (χ0n) is 8.28. The standard InChI is InChI=1S/C9H16F3NO/c1-2-13-5-8(3-4-8)6-14-7-9(10,11)12/h13H,2-7H2,1H3. The van der Waals surface area contributed by atoms with Crippen molar-refractivity contribution < 1.29 is 17.9 Å². The van der Waals surface area contributed by atoms with Crippen LogP contribution in [-0.2, 0) is 4.74 Å². The zero-order valence-corrected chi connectivity index (χ0v) is 8.28. The molecular weight excluding hydrogens is 195 g/mol. The first-order chi connectivity index (χ1) is 6.47. The van der Waals surface area contributed by atoms with Crippen molar-refractivity contribution in [3.05, 3.63) is 0 Å². The number of ether oxygens (including phenoxy) is 1. The van der Waals surface area contributed by atoms with E-state index in [0.29, 0.717) is 0 Å². The maximum Gasteiger partial charge on any atom is 0.411 e. The van der Waals surface area contributed by atoms with Gasteiger partial charge >= 0.3 is 6.18 Å². The van der Waals surface area contributed by atoms with Crippen molar-refractivity contribution in [2.24, 2.45) is 5.41 Å². The van der Waals surface area contributed by atoms with Crippen molar-refractivity contribution in [1.82, 2.24) is 5.32 Å². The smallest absolute Gasteiger partial charge is 0.371 e. The molecule has 0 saturated heterocycles. The van der Waals surface area contributed by atoms with Crippen molar-refractivity contribution in [1.29, 1.82) is 0 Å². The largest absolute Gasteiger partial charge is 0.411 e. The van der Waals surface area contributed by atoms with Crippen LogP contribution in [0.5, 0.6) is 0 Å². The molecule has 0 heterocycles. The van der Waals surface area contributed by atoms with Crippen LogP contribution < -0.4 is 5.32 Å². The van der Waals surface area contributed by atoms with Crippen LogP contribution in [-0.4, -0.2) is 32.5 Å². The van der Waals surface area contributed by atoms with Crippen LogP contribution >= 0.6 is 0 Å². The van der Waals surface area contributed by atoms with E-state index in [1.54, 1.807) is 0 Å². The summed E-state index contributed by atoms with van der Waals surface area (Å²) in [5, 5.41) is 3.14. The van der Waals surface area contributed by atoms with Gasteiger partial charge in [-0.1, -0.05) is 6.92 Å². The van der Waals surface area contributed by atoms with Gasteiger partial charge in [-0.15, -0.1) is 0 Å². The Kier molecular flexibility index (Phi) is 3.78. The van der Waals surface area contributed by atoms with Gasteiger partial charge in [-0.25, -0.2) is 0 Å². The van der Waals surface area contributed by atoms with E-state index in [0.717, 1.165) is 25.9 Å². The first-order valence-electron chi connectivity index (χ1n) is 4.83. The summed E-state index contributed by atoms with van der Waals surface area (Å²) in [6.45, 7) is 2.69. The molecule has 0 spiro atoms. The van der Waals surface area contributed by atoms with Crippen molar-refractivity contribution in [2.75, 3.05) is 26.3 Å². The fourth-order valence-electron chi connectivity index (χ4n) is 1.32. The fraction of sp³-hybridized carbons (Fsp3) is 1.00. The molecule has 0 atom stereocenters. The molecule has 0 aromatic heterocycles. The third-order valence-corrected chi connectivity index (χ3v) is 2.38. The van der Waals surface area contributed by atoms with Crippen molar-refractivity contribution in [2.45, 2.75) is 25.9 Å². The molecular formula is C9H16F3NO. The van der Waals surface area contributed by atoms with E-state index in [2.05, 4.69) is 10.1 Å². The summed E-state index contributed by atoms with van der Waals surface area (Å²) in [7, 11) is 0. The Morgan fingerprint density at radius 3 is 2.43 bits per heavy atom. The molecule has 84 valence electrons. The van der Waals surface area contributed by atoms with Gasteiger partial charge in [-0.3, -0.25) is 0 Å². The topological polar surface area (TPSA) is 21.3 Å². The van der Waals surface area contributed by atoms with Gasteiger partial charge in [0.1, 0.15) is 6.61 Å². The fourth-order valence-corrected chi connectivity index (χ4v) is 1.32. The maximum absolute atomic E-state index is 11.8. The van der Waals surface area contributed by atoms with Crippen molar-refractivity contribution in [3.63, 3.8) is 0 Å². The Labute approximate surface area is 81.8 Å². The van der Waals surface area contributed by atoms with E-state index in [9.17, 15) is 13.2 Å². The first-order valence-corrected chi connectivity index (χ1v) is 4.83. The highest BCUT2D eigenvalue weighted by Gasteiger charge is 2.43. The minimum Gasteiger partial charge on any atom is -0.371 e. The van der Waals surface area contributed by atoms with Crippen LogP contribution in [0.25, 0.3) is 0 Å². The lowest BCUT2D eigenvalue weighted by Crippen LogP contribution is -2.29. The van der Waals surface area contributed by atoms with E-state index in [1.165, 1.54) is 0 Å². The van der Waals surface area contributed by atoms with Gasteiger partial charge in [0.05, 0.1) is 6.61 Å². The molecule has 2 nitrogen and oxygen atoms in total. The summed E-state index contributed by atoms with van der Waals surface area (Å²) in [4.78, 5) is 0. The van der Waals surface area contributed by atoms with Gasteiger partial charge in [0, 0.05) is 12.0 Å². The summed E-state index contributed by atoms with van der Waals surface area (Å²) in [5.41, 5.74) is -0.0126. The normalized spacial score (nSPS) is 19.7. The van der Waals surface area contributed by atoms with Crippen LogP contribution in [0.3, 0.4) is 0 Å². The predicted molar refractivity (Wildman–Crippen MR) is 47.1 cm³/mol. The van der Waals surface area contributed by atoms with Crippen LogP contribution in [0, 0.1) is 5.41 Å². The van der Waals surface area contributed by atoms with E-state index in [4.69, 9.17) is 0 Å². The molecule has 1 aliphatic rings. The summed E-state index contributed by atoms with van der Waals surface area (Å²) >= 11 is 0. The number of hydrogen-bond acceptors (Lipinski definition) is 2. The number of hydrogen-bond donors (Lipinski definition) is 1. The second kappa shape index (κ2) is 4.49. The third kappa shape index (κ3) is 4.28. The second-order valence-electron chi connectivity index (χ2n) is 3.89. The van der Waals surface area contributed by atoms with E-state index >= 15 is 0 Å². The van der Waals surface area contributed by atoms with E-state index < -0.39 is 12.8 Å². The highest BCUT2D eigenvalue weighted by atomic mass is 19.4. The molecule has 5 heteroatoms. The minimum atomic E-state index is -4.20. The maximum atomic E-state index is 11.8. The summed E-state index contributed by atoms with van der Waals surface area (Å²) in [6.07, 6.45) is -2.26. The monoisotopic (exact) mass is 211 g/mol. The second-order valence-corrected chi connectivity index (χ2v) is 3.89. The average Bonchev–Trinajstić information content (AvgIpc) is 2.80. The van der Waals surface area contributed by atoms with E-state index in [-0.39, 0.29) is 12.0 Å². The minimum absolute atomic E-state index is 0.0126. The molecule has 0 bridgehead atoms. The molecule has 0 amide bonds. The Balaban J connectivity index is 2.11. The molecule has 0 aliphatic heterocycles. The van der Waals surface area contributed by atoms with Crippen LogP contribution in [0.1, 0.15) is 19.8 Å². The average molecular weight is 211 g/mol. The molecule has 1 fully saturated rings. The van der Waals surface area contributed by atoms with Gasteiger partial charge in [0.25, 0.3) is 0 Å². The van der Waals surface area contributed by atoms with Crippen LogP contribution in [0.4, 0.5) is 13.2 Å². The number of halogens is 3. The molecule has 1 saturated carbocycles. The molecule has 0 aromatic carbocycles. The molecule has 1 rings (SSSR count). The molecule has 0 unspecified atom stereocenters. The Bertz CT molecular complexity index is 177. The molecule has 0 aromatic rings. The van der Waals surface area contributed by atoms with Gasteiger partial charge in [0.2, 0.25) is 0 Å². The van der Waals surface area contributed by atoms with Crippen molar-refractivity contribution >= 4 is 0 Å². The van der Waals surface area contributed by atoms with Crippen LogP contribution in [0.2, 0.25) is 0 Å². The first kappa shape index (κ1) is 11.8. The highest BCUT2D eigenvalue weighted by molar-refractivity contribution is 4.94. The SMILES string of the molecule is CCNCC1(COCC(F)(F)F)CC1. The molecule has 0 radical (unpaired) electrons. The van der Waals surface area contributed by atoms with Gasteiger partial charge in [0.15, 0.2) is 0 Å². The lowest BCUT2D eigenvalue weighted by atomic mass is 10.1. The van der Waals surface area contributed by atoms with Crippen molar-refractivity contribution in [3.8, 4) is 0 Å². The predicted octanol–water partition coefficient (Wildman–Crippen LogP) is 1.95. The lowest BCUT2D eigenvalue weighted by molar-refractivity contribution is -0.177. The van der Waals surface area contributed by atoms with E-state index in [1.807, 2.05) is 6.92 Å². The molecule has 1 N–H and O–H groups in total. The summed E-state index contributed by atoms with van der Waals surface area (Å²) in [5.74, 6) is 0. The number of rotatable bonds is 6. The van der Waals surface area contributed by atoms with Gasteiger partial charge < -0.3 is 10.1 Å². The summed E-state index contributed by atoms with van der Waals surface area (Å²) < 4.78 is 39.9. The lowest BCUT2D eigenvalue weighted by Gasteiger charge is -2.16. The quantitative estimate of drug-likeness (QED) is 0.725. The highest BCUT2D eigenvalue weighted by Crippen LogP contribution is 2.45. The Morgan fingerprint density at radius 1 is 1.36 bits per heavy atom.